The number of furan rings is 1. The Labute approximate surface area is 167 Å². The highest BCUT2D eigenvalue weighted by molar-refractivity contribution is 8.00. The van der Waals surface area contributed by atoms with Crippen molar-refractivity contribution in [2.75, 3.05) is 11.1 Å². The predicted molar refractivity (Wildman–Crippen MR) is 112 cm³/mol. The number of hydrogen-bond donors (Lipinski definition) is 1. The predicted octanol–water partition coefficient (Wildman–Crippen LogP) is 4.64. The number of amides is 1. The highest BCUT2D eigenvalue weighted by Gasteiger charge is 2.16. The van der Waals surface area contributed by atoms with Crippen LogP contribution in [0.2, 0.25) is 0 Å². The van der Waals surface area contributed by atoms with Gasteiger partial charge in [0.05, 0.1) is 16.8 Å². The maximum absolute atomic E-state index is 12.4. The number of carbonyl (C=O) groups is 1. The number of thioether (sulfide) groups is 1. The van der Waals surface area contributed by atoms with Crippen molar-refractivity contribution in [2.45, 2.75) is 38.6 Å². The number of carbonyl (C=O) groups excluding carboxylic acids is 1. The molecule has 4 rings (SSSR count). The molecule has 1 N–H and O–H groups in total. The number of fused-ring (bicyclic) bond motifs is 3. The minimum atomic E-state index is -0.0696. The molecule has 28 heavy (non-hydrogen) atoms. The molecule has 0 radical (unpaired) electrons. The number of hydrogen-bond acceptors (Lipinski definition) is 5. The molecule has 0 saturated carbocycles. The van der Waals surface area contributed by atoms with E-state index in [0.717, 1.165) is 51.8 Å². The van der Waals surface area contributed by atoms with E-state index < -0.39 is 0 Å². The Bertz CT molecular complexity index is 1140. The van der Waals surface area contributed by atoms with E-state index in [1.807, 2.05) is 50.2 Å². The molecule has 0 atom stereocenters. The van der Waals surface area contributed by atoms with Crippen LogP contribution in [0.5, 0.6) is 0 Å². The summed E-state index contributed by atoms with van der Waals surface area (Å²) in [6.07, 6.45) is 1.74. The zero-order chi connectivity index (χ0) is 19.7. The SMILES string of the molecule is CCc1ccc(NC(=O)CSc2nnc(CC)n3c2cc2oc(C)cc23)cc1. The van der Waals surface area contributed by atoms with E-state index in [9.17, 15) is 4.79 Å². The van der Waals surface area contributed by atoms with Crippen LogP contribution < -0.4 is 5.32 Å². The molecule has 144 valence electrons. The Kier molecular flexibility index (Phi) is 5.09. The summed E-state index contributed by atoms with van der Waals surface area (Å²) < 4.78 is 7.84. The lowest BCUT2D eigenvalue weighted by Gasteiger charge is -2.08. The van der Waals surface area contributed by atoms with Gasteiger partial charge in [-0.3, -0.25) is 9.20 Å². The first-order valence-electron chi connectivity index (χ1n) is 9.37. The molecule has 0 bridgehead atoms. The molecule has 1 amide bonds. The second-order valence-corrected chi connectivity index (χ2v) is 7.60. The number of benzene rings is 1. The molecule has 0 aliphatic heterocycles. The Morgan fingerprint density at radius 3 is 2.61 bits per heavy atom. The van der Waals surface area contributed by atoms with E-state index in [1.165, 1.54) is 17.3 Å². The molecule has 3 heterocycles. The van der Waals surface area contributed by atoms with Gasteiger partial charge in [0.1, 0.15) is 16.6 Å². The first-order valence-corrected chi connectivity index (χ1v) is 10.4. The molecule has 0 aliphatic carbocycles. The van der Waals surface area contributed by atoms with E-state index in [4.69, 9.17) is 4.42 Å². The smallest absolute Gasteiger partial charge is 0.234 e. The first kappa shape index (κ1) is 18.6. The van der Waals surface area contributed by atoms with Gasteiger partial charge in [0.25, 0.3) is 0 Å². The topological polar surface area (TPSA) is 72.4 Å². The maximum Gasteiger partial charge on any atom is 0.234 e. The third kappa shape index (κ3) is 3.49. The van der Waals surface area contributed by atoms with E-state index in [0.29, 0.717) is 0 Å². The van der Waals surface area contributed by atoms with Crippen LogP contribution in [0.25, 0.3) is 16.6 Å². The van der Waals surface area contributed by atoms with Crippen molar-refractivity contribution in [1.82, 2.24) is 14.6 Å². The summed E-state index contributed by atoms with van der Waals surface area (Å²) in [6, 6.07) is 11.9. The number of aromatic nitrogens is 3. The highest BCUT2D eigenvalue weighted by atomic mass is 32.2. The molecule has 7 heteroatoms. The van der Waals surface area contributed by atoms with Crippen molar-refractivity contribution in [2.24, 2.45) is 0 Å². The van der Waals surface area contributed by atoms with E-state index in [2.05, 4.69) is 26.8 Å². The Morgan fingerprint density at radius 1 is 1.11 bits per heavy atom. The van der Waals surface area contributed by atoms with Gasteiger partial charge in [-0.25, -0.2) is 0 Å². The molecule has 0 saturated heterocycles. The van der Waals surface area contributed by atoms with Gasteiger partial charge in [0, 0.05) is 24.2 Å². The van der Waals surface area contributed by atoms with Crippen molar-refractivity contribution in [1.29, 1.82) is 0 Å². The number of nitrogens with zero attached hydrogens (tertiary/aromatic N) is 3. The Morgan fingerprint density at radius 2 is 1.89 bits per heavy atom. The lowest BCUT2D eigenvalue weighted by atomic mass is 10.1. The van der Waals surface area contributed by atoms with E-state index in [-0.39, 0.29) is 11.7 Å². The van der Waals surface area contributed by atoms with Gasteiger partial charge in [-0.15, -0.1) is 10.2 Å². The van der Waals surface area contributed by atoms with Gasteiger partial charge >= 0.3 is 0 Å². The van der Waals surface area contributed by atoms with Crippen molar-refractivity contribution in [3.8, 4) is 0 Å². The molecular formula is C21H22N4O2S. The molecule has 0 fully saturated rings. The largest absolute Gasteiger partial charge is 0.460 e. The number of anilines is 1. The van der Waals surface area contributed by atoms with Crippen LogP contribution in [0.4, 0.5) is 5.69 Å². The summed E-state index contributed by atoms with van der Waals surface area (Å²) in [7, 11) is 0. The first-order chi connectivity index (χ1) is 13.6. The third-order valence-electron chi connectivity index (χ3n) is 4.65. The van der Waals surface area contributed by atoms with Gasteiger partial charge in [0.15, 0.2) is 5.58 Å². The van der Waals surface area contributed by atoms with Gasteiger partial charge in [-0.1, -0.05) is 37.7 Å². The monoisotopic (exact) mass is 394 g/mol. The molecule has 6 nitrogen and oxygen atoms in total. The second-order valence-electron chi connectivity index (χ2n) is 6.63. The molecular weight excluding hydrogens is 372 g/mol. The van der Waals surface area contributed by atoms with Crippen LogP contribution >= 0.6 is 11.8 Å². The van der Waals surface area contributed by atoms with Crippen LogP contribution in [0.1, 0.15) is 31.0 Å². The lowest BCUT2D eigenvalue weighted by Crippen LogP contribution is -2.14. The van der Waals surface area contributed by atoms with Crippen LogP contribution in [0.3, 0.4) is 0 Å². The van der Waals surface area contributed by atoms with Gasteiger partial charge < -0.3 is 9.73 Å². The van der Waals surface area contributed by atoms with Crippen LogP contribution in [0, 0.1) is 6.92 Å². The lowest BCUT2D eigenvalue weighted by molar-refractivity contribution is -0.113. The number of aryl methyl sites for hydroxylation is 3. The number of rotatable bonds is 6. The van der Waals surface area contributed by atoms with Crippen LogP contribution in [-0.2, 0) is 17.6 Å². The second kappa shape index (κ2) is 7.67. The quantitative estimate of drug-likeness (QED) is 0.482. The summed E-state index contributed by atoms with van der Waals surface area (Å²) in [4.78, 5) is 12.4. The van der Waals surface area contributed by atoms with E-state index in [1.54, 1.807) is 0 Å². The average Bonchev–Trinajstić information content (AvgIpc) is 3.23. The zero-order valence-electron chi connectivity index (χ0n) is 16.2. The Balaban J connectivity index is 1.54. The molecule has 0 spiro atoms. The van der Waals surface area contributed by atoms with Crippen molar-refractivity contribution < 1.29 is 9.21 Å². The average molecular weight is 395 g/mol. The normalized spacial score (nSPS) is 11.4. The van der Waals surface area contributed by atoms with Crippen LogP contribution in [-0.4, -0.2) is 26.3 Å². The summed E-state index contributed by atoms with van der Waals surface area (Å²) >= 11 is 1.38. The fourth-order valence-corrected chi connectivity index (χ4v) is 3.97. The van der Waals surface area contributed by atoms with Gasteiger partial charge in [-0.05, 0) is 31.0 Å². The van der Waals surface area contributed by atoms with Gasteiger partial charge in [0.2, 0.25) is 5.91 Å². The fourth-order valence-electron chi connectivity index (χ4n) is 3.24. The minimum Gasteiger partial charge on any atom is -0.460 e. The number of nitrogens with one attached hydrogen (secondary N) is 1. The van der Waals surface area contributed by atoms with Crippen LogP contribution in [0.15, 0.2) is 45.8 Å². The molecule has 4 aromatic rings. The summed E-state index contributed by atoms with van der Waals surface area (Å²) in [5.41, 5.74) is 4.77. The highest BCUT2D eigenvalue weighted by Crippen LogP contribution is 2.30. The summed E-state index contributed by atoms with van der Waals surface area (Å²) in [5, 5.41) is 12.4. The molecule has 0 unspecified atom stereocenters. The summed E-state index contributed by atoms with van der Waals surface area (Å²) in [5.74, 6) is 1.92. The van der Waals surface area contributed by atoms with Crippen molar-refractivity contribution >= 4 is 40.0 Å². The van der Waals surface area contributed by atoms with Gasteiger partial charge in [-0.2, -0.15) is 0 Å². The fraction of sp³-hybridized carbons (Fsp3) is 0.286. The maximum atomic E-state index is 12.4. The standard InChI is InChI=1S/C21H22N4O2S/c1-4-14-6-8-15(9-7-14)22-20(26)12-28-21-17-11-18-16(10-13(3)27-18)25(17)19(5-2)23-24-21/h6-11H,4-5,12H2,1-3H3,(H,22,26). The molecule has 0 aliphatic rings. The zero-order valence-corrected chi connectivity index (χ0v) is 17.0. The third-order valence-corrected chi connectivity index (χ3v) is 5.62. The van der Waals surface area contributed by atoms with E-state index >= 15 is 0 Å². The molecule has 3 aromatic heterocycles. The van der Waals surface area contributed by atoms with Crippen molar-refractivity contribution in [3.05, 3.63) is 53.5 Å². The summed E-state index contributed by atoms with van der Waals surface area (Å²) in [6.45, 7) is 6.08. The molecule has 1 aromatic carbocycles. The van der Waals surface area contributed by atoms with Crippen molar-refractivity contribution in [3.63, 3.8) is 0 Å². The Hall–Kier alpha value is -2.80. The minimum absolute atomic E-state index is 0.0696.